The highest BCUT2D eigenvalue weighted by atomic mass is 127. The Labute approximate surface area is 135 Å². The van der Waals surface area contributed by atoms with Crippen molar-refractivity contribution in [3.8, 4) is 0 Å². The third-order valence-electron chi connectivity index (χ3n) is 3.54. The Bertz CT molecular complexity index is 510. The van der Waals surface area contributed by atoms with Crippen molar-refractivity contribution in [1.29, 1.82) is 0 Å². The van der Waals surface area contributed by atoms with E-state index in [4.69, 9.17) is 5.73 Å². The Morgan fingerprint density at radius 1 is 1.05 bits per heavy atom. The number of hydrogen-bond donors (Lipinski definition) is 1. The Balaban J connectivity index is 2.13. The molecule has 0 spiro atoms. The van der Waals surface area contributed by atoms with Crippen molar-refractivity contribution in [3.05, 3.63) is 69.3 Å². The molecule has 2 aromatic rings. The number of hydrogen-bond acceptors (Lipinski definition) is 2. The van der Waals surface area contributed by atoms with Crippen LogP contribution in [0.5, 0.6) is 0 Å². The first-order chi connectivity index (χ1) is 9.70. The van der Waals surface area contributed by atoms with Crippen molar-refractivity contribution < 1.29 is 0 Å². The molecule has 2 N–H and O–H groups in total. The molecule has 2 nitrogen and oxygen atoms in total. The zero-order chi connectivity index (χ0) is 14.4. The standard InChI is InChI=1S/C17H21IN2/c1-14(16-7-9-17(18)10-8-16)20(12-11-19)13-15-5-3-2-4-6-15/h2-10,14H,11-13,19H2,1H3. The van der Waals surface area contributed by atoms with Gasteiger partial charge in [-0.2, -0.15) is 0 Å². The van der Waals surface area contributed by atoms with Crippen molar-refractivity contribution in [3.63, 3.8) is 0 Å². The van der Waals surface area contributed by atoms with E-state index in [1.54, 1.807) is 0 Å². The van der Waals surface area contributed by atoms with Crippen LogP contribution in [0.4, 0.5) is 0 Å². The van der Waals surface area contributed by atoms with E-state index in [1.165, 1.54) is 14.7 Å². The van der Waals surface area contributed by atoms with Gasteiger partial charge in [-0.1, -0.05) is 42.5 Å². The largest absolute Gasteiger partial charge is 0.329 e. The average Bonchev–Trinajstić information content (AvgIpc) is 2.48. The van der Waals surface area contributed by atoms with Crippen molar-refractivity contribution >= 4 is 22.6 Å². The average molecular weight is 380 g/mol. The van der Waals surface area contributed by atoms with Gasteiger partial charge in [0.15, 0.2) is 0 Å². The van der Waals surface area contributed by atoms with Gasteiger partial charge in [0.2, 0.25) is 0 Å². The van der Waals surface area contributed by atoms with Crippen LogP contribution in [0.25, 0.3) is 0 Å². The third-order valence-corrected chi connectivity index (χ3v) is 4.26. The molecule has 0 aliphatic carbocycles. The van der Waals surface area contributed by atoms with E-state index in [-0.39, 0.29) is 0 Å². The lowest BCUT2D eigenvalue weighted by atomic mass is 10.1. The quantitative estimate of drug-likeness (QED) is 0.773. The monoisotopic (exact) mass is 380 g/mol. The summed E-state index contributed by atoms with van der Waals surface area (Å²) in [6, 6.07) is 19.7. The molecule has 0 radical (unpaired) electrons. The highest BCUT2D eigenvalue weighted by Gasteiger charge is 2.15. The summed E-state index contributed by atoms with van der Waals surface area (Å²) in [5.74, 6) is 0. The fourth-order valence-electron chi connectivity index (χ4n) is 2.35. The van der Waals surface area contributed by atoms with Gasteiger partial charge in [0.25, 0.3) is 0 Å². The van der Waals surface area contributed by atoms with Crippen molar-refractivity contribution in [2.24, 2.45) is 5.73 Å². The SMILES string of the molecule is CC(c1ccc(I)cc1)N(CCN)Cc1ccccc1. The predicted octanol–water partition coefficient (Wildman–Crippen LogP) is 3.81. The van der Waals surface area contributed by atoms with Crippen LogP contribution in [-0.4, -0.2) is 18.0 Å². The summed E-state index contributed by atoms with van der Waals surface area (Å²) in [5.41, 5.74) is 8.45. The Morgan fingerprint density at radius 3 is 2.30 bits per heavy atom. The molecule has 0 aliphatic rings. The first kappa shape index (κ1) is 15.5. The topological polar surface area (TPSA) is 29.3 Å². The molecule has 2 rings (SSSR count). The van der Waals surface area contributed by atoms with Crippen molar-refractivity contribution in [2.45, 2.75) is 19.5 Å². The molecule has 2 aromatic carbocycles. The maximum atomic E-state index is 5.78. The van der Waals surface area contributed by atoms with Gasteiger partial charge in [-0.05, 0) is 52.8 Å². The van der Waals surface area contributed by atoms with E-state index in [0.29, 0.717) is 12.6 Å². The van der Waals surface area contributed by atoms with Crippen LogP contribution < -0.4 is 5.73 Å². The van der Waals surface area contributed by atoms with Crippen molar-refractivity contribution in [2.75, 3.05) is 13.1 Å². The second-order valence-electron chi connectivity index (χ2n) is 4.97. The van der Waals surface area contributed by atoms with Gasteiger partial charge in [-0.3, -0.25) is 4.90 Å². The van der Waals surface area contributed by atoms with E-state index in [9.17, 15) is 0 Å². The summed E-state index contributed by atoms with van der Waals surface area (Å²) in [7, 11) is 0. The van der Waals surface area contributed by atoms with Crippen LogP contribution >= 0.6 is 22.6 Å². The smallest absolute Gasteiger partial charge is 0.0323 e. The molecule has 0 saturated heterocycles. The van der Waals surface area contributed by atoms with Crippen LogP contribution in [0.3, 0.4) is 0 Å². The van der Waals surface area contributed by atoms with E-state index >= 15 is 0 Å². The fourth-order valence-corrected chi connectivity index (χ4v) is 2.71. The molecule has 0 heterocycles. The van der Waals surface area contributed by atoms with E-state index < -0.39 is 0 Å². The zero-order valence-corrected chi connectivity index (χ0v) is 14.0. The molecule has 0 fully saturated rings. The van der Waals surface area contributed by atoms with Crippen molar-refractivity contribution in [1.82, 2.24) is 4.90 Å². The second kappa shape index (κ2) is 7.76. The Kier molecular flexibility index (Phi) is 6.01. The van der Waals surface area contributed by atoms with E-state index in [0.717, 1.165) is 13.1 Å². The molecule has 0 aromatic heterocycles. The lowest BCUT2D eigenvalue weighted by molar-refractivity contribution is 0.207. The number of nitrogens with two attached hydrogens (primary N) is 1. The molecule has 1 atom stereocenters. The van der Waals surface area contributed by atoms with Gasteiger partial charge in [-0.15, -0.1) is 0 Å². The van der Waals surface area contributed by atoms with Crippen LogP contribution in [0.15, 0.2) is 54.6 Å². The first-order valence-electron chi connectivity index (χ1n) is 6.94. The normalized spacial score (nSPS) is 12.6. The number of halogens is 1. The predicted molar refractivity (Wildman–Crippen MR) is 93.5 cm³/mol. The summed E-state index contributed by atoms with van der Waals surface area (Å²) in [5, 5.41) is 0. The van der Waals surface area contributed by atoms with Gasteiger partial charge in [0.1, 0.15) is 0 Å². The maximum absolute atomic E-state index is 5.78. The Hall–Kier alpha value is -0.910. The third kappa shape index (κ3) is 4.30. The minimum absolute atomic E-state index is 0.371. The summed E-state index contributed by atoms with van der Waals surface area (Å²) >= 11 is 2.34. The van der Waals surface area contributed by atoms with Gasteiger partial charge in [-0.25, -0.2) is 0 Å². The molecule has 0 aliphatic heterocycles. The number of nitrogens with zero attached hydrogens (tertiary/aromatic N) is 1. The summed E-state index contributed by atoms with van der Waals surface area (Å²) in [6.45, 7) is 4.77. The maximum Gasteiger partial charge on any atom is 0.0323 e. The number of benzene rings is 2. The lowest BCUT2D eigenvalue weighted by Crippen LogP contribution is -2.31. The molecule has 0 amide bonds. The molecule has 0 saturated carbocycles. The summed E-state index contributed by atoms with van der Waals surface area (Å²) in [4.78, 5) is 2.43. The molecular weight excluding hydrogens is 359 g/mol. The van der Waals surface area contributed by atoms with Crippen LogP contribution in [0.1, 0.15) is 24.1 Å². The fraction of sp³-hybridized carbons (Fsp3) is 0.294. The minimum atomic E-state index is 0.371. The summed E-state index contributed by atoms with van der Waals surface area (Å²) < 4.78 is 1.27. The molecule has 1 unspecified atom stereocenters. The highest BCUT2D eigenvalue weighted by Crippen LogP contribution is 2.22. The van der Waals surface area contributed by atoms with Gasteiger partial charge < -0.3 is 5.73 Å². The Morgan fingerprint density at radius 2 is 1.70 bits per heavy atom. The number of rotatable bonds is 6. The first-order valence-corrected chi connectivity index (χ1v) is 8.02. The van der Waals surface area contributed by atoms with E-state index in [2.05, 4.69) is 89.0 Å². The van der Waals surface area contributed by atoms with Gasteiger partial charge >= 0.3 is 0 Å². The summed E-state index contributed by atoms with van der Waals surface area (Å²) in [6.07, 6.45) is 0. The second-order valence-corrected chi connectivity index (χ2v) is 6.22. The van der Waals surface area contributed by atoms with Gasteiger partial charge in [0, 0.05) is 29.2 Å². The lowest BCUT2D eigenvalue weighted by Gasteiger charge is -2.29. The van der Waals surface area contributed by atoms with Crippen LogP contribution in [-0.2, 0) is 6.54 Å². The van der Waals surface area contributed by atoms with Gasteiger partial charge in [0.05, 0.1) is 0 Å². The van der Waals surface area contributed by atoms with Crippen LogP contribution in [0, 0.1) is 3.57 Å². The molecule has 106 valence electrons. The zero-order valence-electron chi connectivity index (χ0n) is 11.8. The highest BCUT2D eigenvalue weighted by molar-refractivity contribution is 14.1. The van der Waals surface area contributed by atoms with Crippen LogP contribution in [0.2, 0.25) is 0 Å². The molecule has 0 bridgehead atoms. The molecular formula is C17H21IN2. The van der Waals surface area contributed by atoms with E-state index in [1.807, 2.05) is 0 Å². The minimum Gasteiger partial charge on any atom is -0.329 e. The molecule has 20 heavy (non-hydrogen) atoms. The molecule has 3 heteroatoms.